The maximum atomic E-state index is 12.0. The second-order valence-corrected chi connectivity index (χ2v) is 5.08. The zero-order chi connectivity index (χ0) is 16.5. The highest BCUT2D eigenvalue weighted by atomic mass is 16.5. The summed E-state index contributed by atoms with van der Waals surface area (Å²) in [6.45, 7) is 6.59. The lowest BCUT2D eigenvalue weighted by atomic mass is 10.1. The van der Waals surface area contributed by atoms with Crippen molar-refractivity contribution >= 4 is 23.3 Å². The number of rotatable bonds is 8. The van der Waals surface area contributed by atoms with Crippen LogP contribution in [0.4, 0.5) is 11.4 Å². The molecule has 1 atom stereocenters. The van der Waals surface area contributed by atoms with E-state index in [4.69, 9.17) is 10.5 Å². The maximum Gasteiger partial charge on any atom is 0.338 e. The Morgan fingerprint density at radius 2 is 2.00 bits per heavy atom. The van der Waals surface area contributed by atoms with E-state index in [1.807, 2.05) is 13.8 Å². The first-order chi connectivity index (χ1) is 10.5. The van der Waals surface area contributed by atoms with Gasteiger partial charge in [-0.25, -0.2) is 4.79 Å². The molecule has 0 spiro atoms. The molecule has 0 radical (unpaired) electrons. The van der Waals surface area contributed by atoms with Gasteiger partial charge in [-0.3, -0.25) is 4.79 Å². The minimum Gasteiger partial charge on any atom is -0.462 e. The zero-order valence-electron chi connectivity index (χ0n) is 13.4. The number of benzene rings is 1. The number of amides is 1. The van der Waals surface area contributed by atoms with Crippen molar-refractivity contribution in [1.82, 2.24) is 0 Å². The number of hydrogen-bond donors (Lipinski definition) is 3. The summed E-state index contributed by atoms with van der Waals surface area (Å²) in [5.41, 5.74) is 7.40. The molecule has 0 bridgehead atoms. The fourth-order valence-electron chi connectivity index (χ4n) is 1.91. The highest BCUT2D eigenvalue weighted by Crippen LogP contribution is 2.24. The van der Waals surface area contributed by atoms with Crippen LogP contribution in [-0.4, -0.2) is 31.1 Å². The highest BCUT2D eigenvalue weighted by molar-refractivity contribution is 5.98. The quantitative estimate of drug-likeness (QED) is 0.641. The number of carbonyl (C=O) groups excluding carboxylic acids is 2. The van der Waals surface area contributed by atoms with Gasteiger partial charge in [-0.15, -0.1) is 0 Å². The highest BCUT2D eigenvalue weighted by Gasteiger charge is 2.12. The summed E-state index contributed by atoms with van der Waals surface area (Å²) in [7, 11) is 0. The standard InChI is InChI=1S/C16H25N3O3/c1-4-18-13-8-7-12(16(21)22-5-2)10-14(13)19-15(20)9-6-11(3)17/h7-8,10-11,18H,4-6,9,17H2,1-3H3,(H,19,20). The Labute approximate surface area is 131 Å². The van der Waals surface area contributed by atoms with Gasteiger partial charge in [0, 0.05) is 19.0 Å². The van der Waals surface area contributed by atoms with Gasteiger partial charge in [0.25, 0.3) is 0 Å². The molecule has 4 N–H and O–H groups in total. The fraction of sp³-hybridized carbons (Fsp3) is 0.500. The lowest BCUT2D eigenvalue weighted by Crippen LogP contribution is -2.20. The summed E-state index contributed by atoms with van der Waals surface area (Å²) in [4.78, 5) is 23.8. The van der Waals surface area contributed by atoms with E-state index in [0.717, 1.165) is 5.69 Å². The Kier molecular flexibility index (Phi) is 7.39. The first-order valence-corrected chi connectivity index (χ1v) is 7.58. The van der Waals surface area contributed by atoms with Gasteiger partial charge in [-0.2, -0.15) is 0 Å². The topological polar surface area (TPSA) is 93.5 Å². The number of anilines is 2. The first kappa shape index (κ1) is 18.0. The van der Waals surface area contributed by atoms with E-state index in [-0.39, 0.29) is 11.9 Å². The van der Waals surface area contributed by atoms with E-state index >= 15 is 0 Å². The summed E-state index contributed by atoms with van der Waals surface area (Å²) >= 11 is 0. The fourth-order valence-corrected chi connectivity index (χ4v) is 1.91. The second-order valence-electron chi connectivity index (χ2n) is 5.08. The van der Waals surface area contributed by atoms with E-state index in [9.17, 15) is 9.59 Å². The van der Waals surface area contributed by atoms with Crippen molar-refractivity contribution in [3.8, 4) is 0 Å². The van der Waals surface area contributed by atoms with Gasteiger partial charge in [-0.05, 0) is 45.4 Å². The van der Waals surface area contributed by atoms with Gasteiger partial charge < -0.3 is 21.1 Å². The number of nitrogens with two attached hydrogens (primary N) is 1. The lowest BCUT2D eigenvalue weighted by molar-refractivity contribution is -0.116. The molecular weight excluding hydrogens is 282 g/mol. The molecule has 6 nitrogen and oxygen atoms in total. The smallest absolute Gasteiger partial charge is 0.338 e. The van der Waals surface area contributed by atoms with E-state index < -0.39 is 5.97 Å². The molecule has 0 saturated heterocycles. The molecule has 1 rings (SSSR count). The summed E-state index contributed by atoms with van der Waals surface area (Å²) in [5.74, 6) is -0.533. The number of hydrogen-bond acceptors (Lipinski definition) is 5. The third kappa shape index (κ3) is 5.73. The van der Waals surface area contributed by atoms with Crippen LogP contribution in [0.25, 0.3) is 0 Å². The minimum absolute atomic E-state index is 0.0233. The largest absolute Gasteiger partial charge is 0.462 e. The molecular formula is C16H25N3O3. The van der Waals surface area contributed by atoms with Gasteiger partial charge in [0.05, 0.1) is 23.5 Å². The van der Waals surface area contributed by atoms with E-state index in [1.165, 1.54) is 0 Å². The van der Waals surface area contributed by atoms with Crippen LogP contribution in [0.2, 0.25) is 0 Å². The molecule has 1 aromatic carbocycles. The Morgan fingerprint density at radius 1 is 1.27 bits per heavy atom. The number of carbonyl (C=O) groups is 2. The third-order valence-electron chi connectivity index (χ3n) is 3.00. The summed E-state index contributed by atoms with van der Waals surface area (Å²) in [5, 5.41) is 5.98. The third-order valence-corrected chi connectivity index (χ3v) is 3.00. The molecule has 0 fully saturated rings. The molecule has 0 aliphatic carbocycles. The van der Waals surface area contributed by atoms with Crippen LogP contribution in [-0.2, 0) is 9.53 Å². The van der Waals surface area contributed by atoms with Gasteiger partial charge >= 0.3 is 5.97 Å². The van der Waals surface area contributed by atoms with Crippen molar-refractivity contribution < 1.29 is 14.3 Å². The Balaban J connectivity index is 2.89. The molecule has 1 amide bonds. The molecule has 1 unspecified atom stereocenters. The zero-order valence-corrected chi connectivity index (χ0v) is 13.4. The van der Waals surface area contributed by atoms with E-state index in [0.29, 0.717) is 37.2 Å². The molecule has 0 aromatic heterocycles. The number of nitrogens with one attached hydrogen (secondary N) is 2. The number of ether oxygens (including phenoxy) is 1. The Bertz CT molecular complexity index is 515. The Morgan fingerprint density at radius 3 is 2.59 bits per heavy atom. The minimum atomic E-state index is -0.406. The second kappa shape index (κ2) is 9.04. The monoisotopic (exact) mass is 307 g/mol. The predicted molar refractivity (Wildman–Crippen MR) is 88.1 cm³/mol. The number of esters is 1. The average Bonchev–Trinajstić information content (AvgIpc) is 2.47. The van der Waals surface area contributed by atoms with Crippen LogP contribution in [0.5, 0.6) is 0 Å². The lowest BCUT2D eigenvalue weighted by Gasteiger charge is -2.14. The van der Waals surface area contributed by atoms with Crippen molar-refractivity contribution in [3.05, 3.63) is 23.8 Å². The van der Waals surface area contributed by atoms with Crippen molar-refractivity contribution in [1.29, 1.82) is 0 Å². The van der Waals surface area contributed by atoms with Crippen molar-refractivity contribution in [2.24, 2.45) is 5.73 Å². The SMILES string of the molecule is CCNc1ccc(C(=O)OCC)cc1NC(=O)CCC(C)N. The van der Waals surface area contributed by atoms with Crippen LogP contribution >= 0.6 is 0 Å². The van der Waals surface area contributed by atoms with Gasteiger partial charge in [-0.1, -0.05) is 0 Å². The maximum absolute atomic E-state index is 12.0. The molecule has 0 aliphatic heterocycles. The summed E-state index contributed by atoms with van der Waals surface area (Å²) < 4.78 is 4.98. The molecule has 0 saturated carbocycles. The van der Waals surface area contributed by atoms with Crippen LogP contribution in [0, 0.1) is 0 Å². The molecule has 6 heteroatoms. The van der Waals surface area contributed by atoms with E-state index in [1.54, 1.807) is 25.1 Å². The molecule has 1 aromatic rings. The van der Waals surface area contributed by atoms with E-state index in [2.05, 4.69) is 10.6 Å². The van der Waals surface area contributed by atoms with Crippen LogP contribution in [0.3, 0.4) is 0 Å². The van der Waals surface area contributed by atoms with Crippen molar-refractivity contribution in [2.75, 3.05) is 23.8 Å². The van der Waals surface area contributed by atoms with Crippen LogP contribution in [0.15, 0.2) is 18.2 Å². The van der Waals surface area contributed by atoms with Crippen molar-refractivity contribution in [3.63, 3.8) is 0 Å². The summed E-state index contributed by atoms with van der Waals surface area (Å²) in [6, 6.07) is 5.04. The molecule has 122 valence electrons. The molecule has 0 aliphatic rings. The molecule has 22 heavy (non-hydrogen) atoms. The predicted octanol–water partition coefficient (Wildman–Crippen LogP) is 2.36. The Hall–Kier alpha value is -2.08. The normalized spacial score (nSPS) is 11.6. The summed E-state index contributed by atoms with van der Waals surface area (Å²) in [6.07, 6.45) is 0.951. The van der Waals surface area contributed by atoms with Crippen LogP contribution in [0.1, 0.15) is 44.0 Å². The molecule has 0 heterocycles. The first-order valence-electron chi connectivity index (χ1n) is 7.58. The van der Waals surface area contributed by atoms with Gasteiger partial charge in [0.15, 0.2) is 0 Å². The van der Waals surface area contributed by atoms with Gasteiger partial charge in [0.2, 0.25) is 5.91 Å². The van der Waals surface area contributed by atoms with Crippen LogP contribution < -0.4 is 16.4 Å². The van der Waals surface area contributed by atoms with Crippen molar-refractivity contribution in [2.45, 2.75) is 39.7 Å². The average molecular weight is 307 g/mol. The van der Waals surface area contributed by atoms with Gasteiger partial charge in [0.1, 0.15) is 0 Å².